The number of anilines is 1. The molecule has 0 aromatic heterocycles. The monoisotopic (exact) mass is 384 g/mol. The molecular formula is C17H21FN2O5S. The molecular weight excluding hydrogens is 363 g/mol. The number of hydrogen-bond acceptors (Lipinski definition) is 4. The normalized spacial score (nSPS) is 26.3. The first-order valence-corrected chi connectivity index (χ1v) is 9.99. The number of halogens is 1. The van der Waals surface area contributed by atoms with Crippen molar-refractivity contribution in [2.24, 2.45) is 5.92 Å². The maximum absolute atomic E-state index is 13.9. The standard InChI is InChI=1S/C17H21FN2O5S/c1-10(21)19-14-9-12(6-7-13(14)18)26(24,25)20-15-5-3-2-4-11(15)8-16(20)17(22)23/h6-7,9,11,15-16H,2-5,8H2,1H3,(H,19,21)(H,22,23). The smallest absolute Gasteiger partial charge is 0.322 e. The van der Waals surface area contributed by atoms with Crippen LogP contribution in [0.2, 0.25) is 0 Å². The Kier molecular flexibility index (Phi) is 5.03. The van der Waals surface area contributed by atoms with Gasteiger partial charge in [-0.1, -0.05) is 12.8 Å². The van der Waals surface area contributed by atoms with Gasteiger partial charge >= 0.3 is 5.97 Å². The van der Waals surface area contributed by atoms with Gasteiger partial charge in [-0.3, -0.25) is 9.59 Å². The number of nitrogens with one attached hydrogen (secondary N) is 1. The highest BCUT2D eigenvalue weighted by Gasteiger charge is 2.51. The number of rotatable bonds is 4. The minimum Gasteiger partial charge on any atom is -0.480 e. The maximum Gasteiger partial charge on any atom is 0.322 e. The van der Waals surface area contributed by atoms with Gasteiger partial charge in [0.15, 0.2) is 0 Å². The van der Waals surface area contributed by atoms with Crippen molar-refractivity contribution in [3.8, 4) is 0 Å². The van der Waals surface area contributed by atoms with E-state index < -0.39 is 33.8 Å². The number of carboxylic acid groups (broad SMARTS) is 1. The molecule has 2 N–H and O–H groups in total. The van der Waals surface area contributed by atoms with Crippen molar-refractivity contribution < 1.29 is 27.5 Å². The molecule has 2 fully saturated rings. The summed E-state index contributed by atoms with van der Waals surface area (Å²) >= 11 is 0. The number of nitrogens with zero attached hydrogens (tertiary/aromatic N) is 1. The Morgan fingerprint density at radius 2 is 1.96 bits per heavy atom. The number of carbonyl (C=O) groups is 2. The van der Waals surface area contributed by atoms with Crippen LogP contribution in [-0.2, 0) is 19.6 Å². The molecule has 1 aromatic rings. The van der Waals surface area contributed by atoms with Crippen molar-refractivity contribution in [1.82, 2.24) is 4.31 Å². The first kappa shape index (κ1) is 18.8. The zero-order chi connectivity index (χ0) is 19.1. The minimum absolute atomic E-state index is 0.0230. The quantitative estimate of drug-likeness (QED) is 0.828. The second kappa shape index (κ2) is 6.96. The number of hydrogen-bond donors (Lipinski definition) is 2. The van der Waals surface area contributed by atoms with E-state index in [1.807, 2.05) is 0 Å². The summed E-state index contributed by atoms with van der Waals surface area (Å²) in [4.78, 5) is 22.7. The van der Waals surface area contributed by atoms with E-state index in [0.29, 0.717) is 12.8 Å². The first-order valence-electron chi connectivity index (χ1n) is 8.55. The van der Waals surface area contributed by atoms with E-state index in [9.17, 15) is 27.5 Å². The highest BCUT2D eigenvalue weighted by molar-refractivity contribution is 7.89. The second-order valence-electron chi connectivity index (χ2n) is 6.86. The number of benzene rings is 1. The predicted molar refractivity (Wildman–Crippen MR) is 91.5 cm³/mol. The van der Waals surface area contributed by atoms with Crippen molar-refractivity contribution in [1.29, 1.82) is 0 Å². The van der Waals surface area contributed by atoms with Crippen molar-refractivity contribution >= 4 is 27.6 Å². The Morgan fingerprint density at radius 3 is 2.62 bits per heavy atom. The third-order valence-electron chi connectivity index (χ3n) is 5.14. The van der Waals surface area contributed by atoms with Gasteiger partial charge in [0.1, 0.15) is 11.9 Å². The fourth-order valence-electron chi connectivity index (χ4n) is 4.05. The Balaban J connectivity index is 2.02. The highest BCUT2D eigenvalue weighted by Crippen LogP contribution is 2.43. The molecule has 0 spiro atoms. The van der Waals surface area contributed by atoms with Crippen LogP contribution in [-0.4, -0.2) is 41.8 Å². The predicted octanol–water partition coefficient (Wildman–Crippen LogP) is 2.19. The zero-order valence-corrected chi connectivity index (χ0v) is 15.1. The third kappa shape index (κ3) is 3.33. The lowest BCUT2D eigenvalue weighted by Gasteiger charge is -2.32. The summed E-state index contributed by atoms with van der Waals surface area (Å²) in [6.07, 6.45) is 3.53. The summed E-state index contributed by atoms with van der Waals surface area (Å²) in [5.41, 5.74) is -0.246. The summed E-state index contributed by atoms with van der Waals surface area (Å²) in [5.74, 6) is -2.44. The Hall–Kier alpha value is -2.00. The van der Waals surface area contributed by atoms with E-state index in [2.05, 4.69) is 5.32 Å². The maximum atomic E-state index is 13.9. The Morgan fingerprint density at radius 1 is 1.27 bits per heavy atom. The molecule has 1 heterocycles. The van der Waals surface area contributed by atoms with Crippen LogP contribution in [0.4, 0.5) is 10.1 Å². The molecule has 1 aliphatic heterocycles. The molecule has 1 aromatic carbocycles. The fraction of sp³-hybridized carbons (Fsp3) is 0.529. The molecule has 0 radical (unpaired) electrons. The van der Waals surface area contributed by atoms with Crippen molar-refractivity contribution in [2.75, 3.05) is 5.32 Å². The molecule has 9 heteroatoms. The van der Waals surface area contributed by atoms with Gasteiger partial charge in [-0.15, -0.1) is 0 Å². The fourth-order valence-corrected chi connectivity index (χ4v) is 5.94. The largest absolute Gasteiger partial charge is 0.480 e. The minimum atomic E-state index is -4.14. The number of sulfonamides is 1. The molecule has 0 bridgehead atoms. The van der Waals surface area contributed by atoms with Gasteiger partial charge < -0.3 is 10.4 Å². The van der Waals surface area contributed by atoms with Gasteiger partial charge in [0.25, 0.3) is 0 Å². The van der Waals surface area contributed by atoms with Crippen LogP contribution in [0, 0.1) is 11.7 Å². The van der Waals surface area contributed by atoms with E-state index in [0.717, 1.165) is 41.8 Å². The SMILES string of the molecule is CC(=O)Nc1cc(S(=O)(=O)N2C(C(=O)O)CC3CCCCC32)ccc1F. The Labute approximate surface area is 151 Å². The molecule has 2 aliphatic rings. The molecule has 1 saturated heterocycles. The van der Waals surface area contributed by atoms with Crippen molar-refractivity contribution in [3.63, 3.8) is 0 Å². The van der Waals surface area contributed by atoms with E-state index in [1.165, 1.54) is 6.92 Å². The van der Waals surface area contributed by atoms with Crippen LogP contribution in [0.5, 0.6) is 0 Å². The van der Waals surface area contributed by atoms with Crippen LogP contribution in [0.25, 0.3) is 0 Å². The number of carbonyl (C=O) groups excluding carboxylic acids is 1. The molecule has 3 unspecified atom stereocenters. The van der Waals surface area contributed by atoms with E-state index in [-0.39, 0.29) is 22.5 Å². The van der Waals surface area contributed by atoms with Crippen LogP contribution < -0.4 is 5.32 Å². The molecule has 1 saturated carbocycles. The van der Waals surface area contributed by atoms with Gasteiger partial charge in [0.05, 0.1) is 10.6 Å². The molecule has 3 atom stereocenters. The van der Waals surface area contributed by atoms with Crippen LogP contribution in [0.3, 0.4) is 0 Å². The van der Waals surface area contributed by atoms with Gasteiger partial charge in [-0.05, 0) is 43.4 Å². The third-order valence-corrected chi connectivity index (χ3v) is 7.07. The van der Waals surface area contributed by atoms with Gasteiger partial charge in [-0.2, -0.15) is 4.31 Å². The van der Waals surface area contributed by atoms with E-state index in [1.54, 1.807) is 0 Å². The van der Waals surface area contributed by atoms with Gasteiger partial charge in [-0.25, -0.2) is 12.8 Å². The lowest BCUT2D eigenvalue weighted by molar-refractivity contribution is -0.141. The van der Waals surface area contributed by atoms with Crippen LogP contribution >= 0.6 is 0 Å². The molecule has 3 rings (SSSR count). The number of carboxylic acids is 1. The van der Waals surface area contributed by atoms with Crippen molar-refractivity contribution in [2.45, 2.75) is 56.0 Å². The number of amides is 1. The van der Waals surface area contributed by atoms with Crippen molar-refractivity contribution in [3.05, 3.63) is 24.0 Å². The van der Waals surface area contributed by atoms with E-state index >= 15 is 0 Å². The average molecular weight is 384 g/mol. The van der Waals surface area contributed by atoms with Crippen LogP contribution in [0.1, 0.15) is 39.0 Å². The molecule has 26 heavy (non-hydrogen) atoms. The molecule has 1 aliphatic carbocycles. The van der Waals surface area contributed by atoms with Crippen LogP contribution in [0.15, 0.2) is 23.1 Å². The highest BCUT2D eigenvalue weighted by atomic mass is 32.2. The Bertz CT molecular complexity index is 842. The van der Waals surface area contributed by atoms with Gasteiger partial charge in [0.2, 0.25) is 15.9 Å². The summed E-state index contributed by atoms with van der Waals surface area (Å²) in [5, 5.41) is 11.8. The summed E-state index contributed by atoms with van der Waals surface area (Å²) < 4.78 is 41.3. The zero-order valence-electron chi connectivity index (χ0n) is 14.3. The van der Waals surface area contributed by atoms with E-state index in [4.69, 9.17) is 0 Å². The summed E-state index contributed by atoms with van der Waals surface area (Å²) in [6, 6.07) is 1.63. The first-order chi connectivity index (χ1) is 12.2. The number of fused-ring (bicyclic) bond motifs is 1. The lowest BCUT2D eigenvalue weighted by atomic mass is 9.85. The summed E-state index contributed by atoms with van der Waals surface area (Å²) in [6.45, 7) is 1.19. The topological polar surface area (TPSA) is 104 Å². The molecule has 1 amide bonds. The number of aliphatic carboxylic acids is 1. The molecule has 142 valence electrons. The average Bonchev–Trinajstić information content (AvgIpc) is 2.97. The lowest BCUT2D eigenvalue weighted by Crippen LogP contribution is -2.46. The van der Waals surface area contributed by atoms with Gasteiger partial charge in [0, 0.05) is 13.0 Å². The molecule has 7 nitrogen and oxygen atoms in total. The summed E-state index contributed by atoms with van der Waals surface area (Å²) in [7, 11) is -4.14. The second-order valence-corrected chi connectivity index (χ2v) is 8.70.